The topological polar surface area (TPSA) is 42.4 Å². The summed E-state index contributed by atoms with van der Waals surface area (Å²) in [7, 11) is 0. The van der Waals surface area contributed by atoms with Crippen LogP contribution in [-0.4, -0.2) is 16.7 Å². The van der Waals surface area contributed by atoms with Crippen molar-refractivity contribution in [3.8, 4) is 11.5 Å². The number of unbranched alkanes of at least 4 members (excludes halogenated alkanes) is 1. The summed E-state index contributed by atoms with van der Waals surface area (Å²) < 4.78 is 5.66. The lowest BCUT2D eigenvalue weighted by atomic mass is 10.1. The molecule has 1 N–H and O–H groups in total. The lowest BCUT2D eigenvalue weighted by Crippen LogP contribution is -1.95. The number of hydrogen-bond acceptors (Lipinski definition) is 3. The highest BCUT2D eigenvalue weighted by Crippen LogP contribution is 2.23. The van der Waals surface area contributed by atoms with E-state index in [9.17, 15) is 5.11 Å². The van der Waals surface area contributed by atoms with E-state index in [0.717, 1.165) is 41.8 Å². The van der Waals surface area contributed by atoms with Crippen LogP contribution in [0.5, 0.6) is 11.5 Å². The Kier molecular flexibility index (Phi) is 5.12. The van der Waals surface area contributed by atoms with Crippen molar-refractivity contribution in [2.24, 2.45) is 0 Å². The van der Waals surface area contributed by atoms with Gasteiger partial charge in [0.25, 0.3) is 0 Å². The number of ether oxygens (including phenoxy) is 1. The van der Waals surface area contributed by atoms with Gasteiger partial charge in [0.1, 0.15) is 17.0 Å². The average molecular weight is 319 g/mol. The summed E-state index contributed by atoms with van der Waals surface area (Å²) in [5, 5.41) is 10.8. The average Bonchev–Trinajstić information content (AvgIpc) is 2.62. The molecule has 0 aliphatic carbocycles. The Bertz CT molecular complexity index is 838. The van der Waals surface area contributed by atoms with E-state index in [1.54, 1.807) is 6.07 Å². The van der Waals surface area contributed by atoms with Gasteiger partial charge < -0.3 is 9.84 Å². The molecule has 0 bridgehead atoms. The fourth-order valence-corrected chi connectivity index (χ4v) is 2.43. The van der Waals surface area contributed by atoms with Crippen LogP contribution in [0.2, 0.25) is 0 Å². The molecule has 0 radical (unpaired) electrons. The summed E-state index contributed by atoms with van der Waals surface area (Å²) in [6.07, 6.45) is 6.15. The first-order valence-electron chi connectivity index (χ1n) is 8.26. The van der Waals surface area contributed by atoms with Crippen LogP contribution in [0.3, 0.4) is 0 Å². The quantitative estimate of drug-likeness (QED) is 0.628. The zero-order valence-electron chi connectivity index (χ0n) is 13.8. The third-order valence-corrected chi connectivity index (χ3v) is 3.81. The highest BCUT2D eigenvalue weighted by Gasteiger charge is 2.01. The Balaban J connectivity index is 1.72. The highest BCUT2D eigenvalue weighted by molar-refractivity contribution is 5.85. The van der Waals surface area contributed by atoms with Crippen molar-refractivity contribution in [2.75, 3.05) is 6.61 Å². The number of phenols is 1. The number of nitrogens with zero attached hydrogens (tertiary/aromatic N) is 1. The third-order valence-electron chi connectivity index (χ3n) is 3.81. The van der Waals surface area contributed by atoms with Crippen molar-refractivity contribution in [2.45, 2.75) is 19.8 Å². The van der Waals surface area contributed by atoms with E-state index >= 15 is 0 Å². The molecule has 24 heavy (non-hydrogen) atoms. The molecule has 122 valence electrons. The van der Waals surface area contributed by atoms with Crippen molar-refractivity contribution in [3.63, 3.8) is 0 Å². The Morgan fingerprint density at radius 2 is 1.83 bits per heavy atom. The molecule has 1 heterocycles. The van der Waals surface area contributed by atoms with Crippen molar-refractivity contribution >= 4 is 23.1 Å². The molecule has 0 amide bonds. The van der Waals surface area contributed by atoms with Gasteiger partial charge in [-0.1, -0.05) is 49.8 Å². The number of aromatic nitrogens is 1. The van der Waals surface area contributed by atoms with Crippen LogP contribution in [-0.2, 0) is 0 Å². The van der Waals surface area contributed by atoms with E-state index in [2.05, 4.69) is 11.9 Å². The molecule has 3 aromatic rings. The van der Waals surface area contributed by atoms with Crippen molar-refractivity contribution in [1.82, 2.24) is 4.98 Å². The monoisotopic (exact) mass is 319 g/mol. The number of fused-ring (bicyclic) bond motifs is 1. The third kappa shape index (κ3) is 3.93. The van der Waals surface area contributed by atoms with Crippen LogP contribution >= 0.6 is 0 Å². The number of rotatable bonds is 6. The molecule has 0 aliphatic heterocycles. The Morgan fingerprint density at radius 3 is 2.62 bits per heavy atom. The van der Waals surface area contributed by atoms with E-state index in [-0.39, 0.29) is 5.75 Å². The van der Waals surface area contributed by atoms with E-state index in [4.69, 9.17) is 4.74 Å². The zero-order chi connectivity index (χ0) is 16.8. The predicted molar refractivity (Wildman–Crippen MR) is 99.2 cm³/mol. The second-order valence-corrected chi connectivity index (χ2v) is 5.69. The smallest absolute Gasteiger partial charge is 0.141 e. The summed E-state index contributed by atoms with van der Waals surface area (Å²) >= 11 is 0. The maximum atomic E-state index is 9.90. The molecule has 0 atom stereocenters. The molecule has 0 fully saturated rings. The normalized spacial score (nSPS) is 11.2. The molecular formula is C21H21NO2. The highest BCUT2D eigenvalue weighted by atomic mass is 16.5. The number of aromatic hydroxyl groups is 1. The molecule has 0 aliphatic rings. The van der Waals surface area contributed by atoms with E-state index in [1.807, 2.05) is 60.7 Å². The molecule has 3 heteroatoms. The van der Waals surface area contributed by atoms with Crippen LogP contribution in [0.1, 0.15) is 31.0 Å². The molecule has 3 nitrogen and oxygen atoms in total. The maximum absolute atomic E-state index is 9.90. The molecule has 0 saturated carbocycles. The predicted octanol–water partition coefficient (Wildman–Crippen LogP) is 5.29. The van der Waals surface area contributed by atoms with Crippen LogP contribution in [0.15, 0.2) is 54.6 Å². The van der Waals surface area contributed by atoms with Crippen molar-refractivity contribution < 1.29 is 9.84 Å². The number of hydrogen-bond donors (Lipinski definition) is 1. The minimum absolute atomic E-state index is 0.205. The molecule has 0 saturated heterocycles. The van der Waals surface area contributed by atoms with E-state index < -0.39 is 0 Å². The maximum Gasteiger partial charge on any atom is 0.141 e. The number of pyridine rings is 1. The van der Waals surface area contributed by atoms with Gasteiger partial charge in [-0.2, -0.15) is 0 Å². The minimum Gasteiger partial charge on any atom is -0.506 e. The summed E-state index contributed by atoms with van der Waals surface area (Å²) in [6, 6.07) is 17.3. The summed E-state index contributed by atoms with van der Waals surface area (Å²) in [5.41, 5.74) is 2.52. The first-order valence-corrected chi connectivity index (χ1v) is 8.26. The van der Waals surface area contributed by atoms with E-state index in [0.29, 0.717) is 5.52 Å². The van der Waals surface area contributed by atoms with Gasteiger partial charge in [-0.05, 0) is 42.3 Å². The van der Waals surface area contributed by atoms with Crippen LogP contribution in [0.4, 0.5) is 0 Å². The second kappa shape index (κ2) is 7.64. The number of para-hydroxylation sites is 1. The molecule has 0 spiro atoms. The Morgan fingerprint density at radius 1 is 1.00 bits per heavy atom. The van der Waals surface area contributed by atoms with Gasteiger partial charge in [0.15, 0.2) is 0 Å². The van der Waals surface area contributed by atoms with Gasteiger partial charge in [-0.25, -0.2) is 4.98 Å². The molecule has 0 unspecified atom stereocenters. The van der Waals surface area contributed by atoms with Crippen LogP contribution in [0.25, 0.3) is 23.1 Å². The summed E-state index contributed by atoms with van der Waals surface area (Å²) in [4.78, 5) is 4.50. The summed E-state index contributed by atoms with van der Waals surface area (Å²) in [6.45, 7) is 2.91. The van der Waals surface area contributed by atoms with Crippen molar-refractivity contribution in [1.29, 1.82) is 0 Å². The van der Waals surface area contributed by atoms with Gasteiger partial charge in [0.2, 0.25) is 0 Å². The fourth-order valence-electron chi connectivity index (χ4n) is 2.43. The molecular weight excluding hydrogens is 298 g/mol. The Hall–Kier alpha value is -2.81. The standard InChI is InChI=1S/C21H21NO2/c1-2-3-15-24-19-13-8-16(9-14-19)7-11-18-12-10-17-5-4-6-20(23)21(17)22-18/h4-14,23H,2-3,15H2,1H3/b11-7+. The Labute approximate surface area is 142 Å². The SMILES string of the molecule is CCCCOc1ccc(/C=C/c2ccc3cccc(O)c3n2)cc1. The van der Waals surface area contributed by atoms with Gasteiger partial charge in [0.05, 0.1) is 12.3 Å². The van der Waals surface area contributed by atoms with Crippen LogP contribution < -0.4 is 4.74 Å². The van der Waals surface area contributed by atoms with Gasteiger partial charge in [-0.15, -0.1) is 0 Å². The zero-order valence-corrected chi connectivity index (χ0v) is 13.8. The lowest BCUT2D eigenvalue weighted by molar-refractivity contribution is 0.309. The molecule has 1 aromatic heterocycles. The number of benzene rings is 2. The van der Waals surface area contributed by atoms with Crippen LogP contribution in [0, 0.1) is 0 Å². The largest absolute Gasteiger partial charge is 0.506 e. The van der Waals surface area contributed by atoms with Gasteiger partial charge in [-0.3, -0.25) is 0 Å². The fraction of sp³-hybridized carbons (Fsp3) is 0.190. The van der Waals surface area contributed by atoms with Gasteiger partial charge in [0, 0.05) is 5.39 Å². The number of phenolic OH excluding ortho intramolecular Hbond substituents is 1. The molecule has 2 aromatic carbocycles. The molecule has 3 rings (SSSR count). The van der Waals surface area contributed by atoms with Crippen molar-refractivity contribution in [3.05, 3.63) is 65.9 Å². The first kappa shape index (κ1) is 16.1. The second-order valence-electron chi connectivity index (χ2n) is 5.69. The van der Waals surface area contributed by atoms with E-state index in [1.165, 1.54) is 0 Å². The minimum atomic E-state index is 0.205. The summed E-state index contributed by atoms with van der Waals surface area (Å²) in [5.74, 6) is 1.10. The lowest BCUT2D eigenvalue weighted by Gasteiger charge is -2.05. The van der Waals surface area contributed by atoms with Gasteiger partial charge >= 0.3 is 0 Å². The first-order chi connectivity index (χ1) is 11.8.